The smallest absolute Gasteiger partial charge is 0.435 e. The third-order valence-electron chi connectivity index (χ3n) is 4.88. The van der Waals surface area contributed by atoms with E-state index in [0.717, 1.165) is 16.7 Å². The van der Waals surface area contributed by atoms with E-state index >= 15 is 0 Å². The normalized spacial score (nSPS) is 23.3. The molecule has 1 N–H and O–H groups in total. The number of carboxylic acid groups (broad SMARTS) is 1. The van der Waals surface area contributed by atoms with Crippen molar-refractivity contribution in [3.63, 3.8) is 0 Å². The summed E-state index contributed by atoms with van der Waals surface area (Å²) in [5, 5.41) is 10.5. The van der Waals surface area contributed by atoms with E-state index in [2.05, 4.69) is 0 Å². The predicted octanol–water partition coefficient (Wildman–Crippen LogP) is 5.35. The van der Waals surface area contributed by atoms with Crippen molar-refractivity contribution in [3.05, 3.63) is 76.3 Å². The lowest BCUT2D eigenvalue weighted by Crippen LogP contribution is -2.58. The number of hydrogen-bond acceptors (Lipinski definition) is 3. The van der Waals surface area contributed by atoms with Gasteiger partial charge >= 0.3 is 12.2 Å². The molecule has 1 aliphatic heterocycles. The van der Waals surface area contributed by atoms with Gasteiger partial charge in [0.15, 0.2) is 0 Å². The van der Waals surface area contributed by atoms with Gasteiger partial charge in [0.2, 0.25) is 0 Å². The van der Waals surface area contributed by atoms with Gasteiger partial charge in [-0.25, -0.2) is 0 Å². The fourth-order valence-electron chi connectivity index (χ4n) is 3.39. The molecular formula is C21H21ClNO4+. The van der Waals surface area contributed by atoms with Crippen molar-refractivity contribution in [1.82, 2.24) is 0 Å². The number of hydrogen-bond donors (Lipinski definition) is 1. The van der Waals surface area contributed by atoms with Crippen LogP contribution >= 0.6 is 11.6 Å². The van der Waals surface area contributed by atoms with E-state index in [0.29, 0.717) is 11.4 Å². The highest BCUT2D eigenvalue weighted by Gasteiger charge is 2.56. The van der Waals surface area contributed by atoms with E-state index in [1.165, 1.54) is 0 Å². The average Bonchev–Trinajstić information content (AvgIpc) is 2.99. The summed E-state index contributed by atoms with van der Waals surface area (Å²) in [6.07, 6.45) is 0.494. The molecule has 2 aromatic rings. The molecule has 1 heterocycles. The summed E-state index contributed by atoms with van der Waals surface area (Å²) in [4.78, 5) is 24.8. The first kappa shape index (κ1) is 19.1. The number of halogens is 1. The molecule has 5 nitrogen and oxygen atoms in total. The van der Waals surface area contributed by atoms with Gasteiger partial charge in [0.1, 0.15) is 19.2 Å². The molecule has 0 bridgehead atoms. The minimum atomic E-state index is -1.19. The van der Waals surface area contributed by atoms with Crippen LogP contribution in [0.25, 0.3) is 6.08 Å². The van der Waals surface area contributed by atoms with E-state index in [-0.39, 0.29) is 13.2 Å². The monoisotopic (exact) mass is 386 g/mol. The lowest BCUT2D eigenvalue weighted by Gasteiger charge is -2.27. The molecule has 1 saturated heterocycles. The molecular weight excluding hydrogens is 366 g/mol. The Bertz CT molecular complexity index is 864. The zero-order chi connectivity index (χ0) is 19.4. The zero-order valence-electron chi connectivity index (χ0n) is 15.0. The molecule has 2 atom stereocenters. The van der Waals surface area contributed by atoms with Crippen LogP contribution in [0.2, 0.25) is 5.02 Å². The van der Waals surface area contributed by atoms with Crippen LogP contribution in [0.1, 0.15) is 24.5 Å². The van der Waals surface area contributed by atoms with Crippen molar-refractivity contribution >= 4 is 29.9 Å². The van der Waals surface area contributed by atoms with Gasteiger partial charge in [-0.3, -0.25) is 0 Å². The van der Waals surface area contributed by atoms with Crippen LogP contribution in [0.4, 0.5) is 9.59 Å². The third kappa shape index (κ3) is 4.04. The standard InChI is InChI=1S/C21H20ClNO4/c1-15-11-18(12-16-7-9-19(22)10-8-16)13-23(15,20(24)25)21(26)27-14-17-5-3-2-4-6-17/h2-10,12,15H,11,13-14H2,1H3/p+1/t15-,23?/m1/s1. The Balaban J connectivity index is 1.80. The molecule has 1 unspecified atom stereocenters. The first-order chi connectivity index (χ1) is 12.9. The highest BCUT2D eigenvalue weighted by Crippen LogP contribution is 2.34. The number of amides is 2. The molecule has 140 valence electrons. The van der Waals surface area contributed by atoms with Crippen molar-refractivity contribution in [3.8, 4) is 0 Å². The molecule has 0 radical (unpaired) electrons. The molecule has 0 aliphatic carbocycles. The summed E-state index contributed by atoms with van der Waals surface area (Å²) in [7, 11) is 0. The van der Waals surface area contributed by atoms with Crippen molar-refractivity contribution < 1.29 is 23.9 Å². The Morgan fingerprint density at radius 1 is 1.19 bits per heavy atom. The Kier molecular flexibility index (Phi) is 5.63. The van der Waals surface area contributed by atoms with Gasteiger partial charge in [-0.2, -0.15) is 9.59 Å². The summed E-state index contributed by atoms with van der Waals surface area (Å²) in [5.74, 6) is 0. The molecule has 27 heavy (non-hydrogen) atoms. The highest BCUT2D eigenvalue weighted by atomic mass is 35.5. The van der Waals surface area contributed by atoms with Gasteiger partial charge in [0.05, 0.1) is 0 Å². The quantitative estimate of drug-likeness (QED) is 0.722. The summed E-state index contributed by atoms with van der Waals surface area (Å²) in [6, 6.07) is 16.1. The maximum atomic E-state index is 12.8. The highest BCUT2D eigenvalue weighted by molar-refractivity contribution is 6.30. The fourth-order valence-corrected chi connectivity index (χ4v) is 3.51. The molecule has 6 heteroatoms. The molecule has 3 rings (SSSR count). The van der Waals surface area contributed by atoms with Gasteiger partial charge < -0.3 is 9.84 Å². The maximum absolute atomic E-state index is 12.8. The van der Waals surface area contributed by atoms with Crippen LogP contribution in [0.3, 0.4) is 0 Å². The van der Waals surface area contributed by atoms with E-state index in [1.54, 1.807) is 19.1 Å². The second-order valence-corrected chi connectivity index (χ2v) is 7.19. The van der Waals surface area contributed by atoms with E-state index in [1.807, 2.05) is 48.5 Å². The maximum Gasteiger partial charge on any atom is 0.527 e. The number of nitrogens with zero attached hydrogens (tertiary/aromatic N) is 1. The average molecular weight is 387 g/mol. The Morgan fingerprint density at radius 2 is 1.85 bits per heavy atom. The van der Waals surface area contributed by atoms with Gasteiger partial charge in [-0.05, 0) is 41.8 Å². The lowest BCUT2D eigenvalue weighted by atomic mass is 10.1. The van der Waals surface area contributed by atoms with Gasteiger partial charge in [-0.15, -0.1) is 4.48 Å². The van der Waals surface area contributed by atoms with Crippen molar-refractivity contribution in [1.29, 1.82) is 0 Å². The topological polar surface area (TPSA) is 63.6 Å². The van der Waals surface area contributed by atoms with Crippen LogP contribution in [-0.4, -0.2) is 34.4 Å². The van der Waals surface area contributed by atoms with Crippen LogP contribution < -0.4 is 0 Å². The predicted molar refractivity (Wildman–Crippen MR) is 103 cm³/mol. The molecule has 0 saturated carbocycles. The summed E-state index contributed by atoms with van der Waals surface area (Å²) in [5.41, 5.74) is 2.63. The number of quaternary nitrogens is 1. The number of rotatable bonds is 3. The number of benzene rings is 2. The minimum Gasteiger partial charge on any atom is -0.435 e. The number of likely N-dealkylation sites (tertiary alicyclic amines) is 1. The van der Waals surface area contributed by atoms with E-state index in [9.17, 15) is 14.7 Å². The SMILES string of the molecule is C[C@@H]1CC(=Cc2ccc(Cl)cc2)C[N+]1(C(=O)O)C(=O)OCc1ccccc1. The van der Waals surface area contributed by atoms with Crippen molar-refractivity contribution in [2.24, 2.45) is 0 Å². The molecule has 2 amide bonds. The van der Waals surface area contributed by atoms with Crippen LogP contribution in [0, 0.1) is 0 Å². The largest absolute Gasteiger partial charge is 0.527 e. The number of carbonyl (C=O) groups excluding carboxylic acids is 1. The number of ether oxygens (including phenoxy) is 1. The third-order valence-corrected chi connectivity index (χ3v) is 5.13. The Hall–Kier alpha value is -2.63. The molecule has 0 spiro atoms. The van der Waals surface area contributed by atoms with Gasteiger partial charge in [-0.1, -0.05) is 54.1 Å². The van der Waals surface area contributed by atoms with E-state index < -0.39 is 22.7 Å². The first-order valence-corrected chi connectivity index (χ1v) is 9.07. The lowest BCUT2D eigenvalue weighted by molar-refractivity contribution is -0.793. The van der Waals surface area contributed by atoms with E-state index in [4.69, 9.17) is 16.3 Å². The Labute approximate surface area is 163 Å². The van der Waals surface area contributed by atoms with Gasteiger partial charge in [0.25, 0.3) is 0 Å². The van der Waals surface area contributed by atoms with Crippen molar-refractivity contribution in [2.45, 2.75) is 26.0 Å². The second-order valence-electron chi connectivity index (χ2n) is 6.76. The second kappa shape index (κ2) is 7.94. The van der Waals surface area contributed by atoms with Crippen LogP contribution in [0.15, 0.2) is 60.2 Å². The van der Waals surface area contributed by atoms with Gasteiger partial charge in [0, 0.05) is 11.4 Å². The number of carbonyl (C=O) groups is 2. The molecule has 1 fully saturated rings. The summed E-state index contributed by atoms with van der Waals surface area (Å²) < 4.78 is 4.63. The summed E-state index contributed by atoms with van der Waals surface area (Å²) in [6.45, 7) is 1.91. The Morgan fingerprint density at radius 3 is 2.48 bits per heavy atom. The molecule has 0 aromatic heterocycles. The molecule has 1 aliphatic rings. The zero-order valence-corrected chi connectivity index (χ0v) is 15.7. The van der Waals surface area contributed by atoms with Crippen LogP contribution in [0.5, 0.6) is 0 Å². The first-order valence-electron chi connectivity index (χ1n) is 8.69. The molecule has 2 aromatic carbocycles. The fraction of sp³-hybridized carbons (Fsp3) is 0.238. The summed E-state index contributed by atoms with van der Waals surface area (Å²) >= 11 is 5.90. The van der Waals surface area contributed by atoms with Crippen molar-refractivity contribution in [2.75, 3.05) is 6.54 Å². The van der Waals surface area contributed by atoms with Crippen LogP contribution in [-0.2, 0) is 11.3 Å². The minimum absolute atomic E-state index is 0.0515. The number of imide groups is 1.